The van der Waals surface area contributed by atoms with Crippen LogP contribution in [-0.2, 0) is 9.53 Å². The second-order valence-electron chi connectivity index (χ2n) is 8.05. The molecule has 0 bridgehead atoms. The number of anilines is 3. The van der Waals surface area contributed by atoms with E-state index >= 15 is 0 Å². The van der Waals surface area contributed by atoms with Crippen molar-refractivity contribution in [1.82, 2.24) is 9.97 Å². The van der Waals surface area contributed by atoms with Gasteiger partial charge in [-0.1, -0.05) is 11.3 Å². The smallest absolute Gasteiger partial charge is 0.227 e. The number of hydrogen-bond acceptors (Lipinski definition) is 8. The number of piperidine rings is 1. The van der Waals surface area contributed by atoms with Gasteiger partial charge in [0.15, 0.2) is 5.13 Å². The maximum Gasteiger partial charge on any atom is 0.227 e. The zero-order chi connectivity index (χ0) is 21.9. The van der Waals surface area contributed by atoms with E-state index in [2.05, 4.69) is 26.2 Å². The van der Waals surface area contributed by atoms with E-state index < -0.39 is 0 Å². The summed E-state index contributed by atoms with van der Waals surface area (Å²) in [5.74, 6) is 0.898. The number of aromatic nitrogens is 2. The first-order valence-electron chi connectivity index (χ1n) is 10.8. The molecule has 1 amide bonds. The van der Waals surface area contributed by atoms with E-state index in [4.69, 9.17) is 15.0 Å². The minimum atomic E-state index is -0.0225. The molecule has 164 valence electrons. The van der Waals surface area contributed by atoms with Crippen molar-refractivity contribution < 1.29 is 9.53 Å². The Morgan fingerprint density at radius 2 is 1.94 bits per heavy atom. The summed E-state index contributed by atoms with van der Waals surface area (Å²) in [6, 6.07) is 11.7. The van der Waals surface area contributed by atoms with Crippen LogP contribution in [0.15, 0.2) is 36.5 Å². The van der Waals surface area contributed by atoms with Crippen molar-refractivity contribution in [3.05, 3.63) is 42.1 Å². The largest absolute Gasteiger partial charge is 0.378 e. The van der Waals surface area contributed by atoms with Gasteiger partial charge in [0, 0.05) is 44.0 Å². The predicted octanol–water partition coefficient (Wildman–Crippen LogP) is 3.25. The third-order valence-electron chi connectivity index (χ3n) is 5.99. The zero-order valence-electron chi connectivity index (χ0n) is 17.7. The highest BCUT2D eigenvalue weighted by Crippen LogP contribution is 2.31. The maximum atomic E-state index is 12.9. The van der Waals surface area contributed by atoms with Gasteiger partial charge in [-0.05, 0) is 43.2 Å². The first-order chi connectivity index (χ1) is 15.7. The molecule has 0 aliphatic carbocycles. The van der Waals surface area contributed by atoms with E-state index in [1.807, 2.05) is 24.3 Å². The Hall–Kier alpha value is -3.22. The Morgan fingerprint density at radius 3 is 2.66 bits per heavy atom. The average molecular weight is 449 g/mol. The highest BCUT2D eigenvalue weighted by Gasteiger charge is 2.26. The van der Waals surface area contributed by atoms with Crippen molar-refractivity contribution in [2.24, 2.45) is 5.92 Å². The van der Waals surface area contributed by atoms with Crippen molar-refractivity contribution in [2.75, 3.05) is 54.5 Å². The fourth-order valence-corrected chi connectivity index (χ4v) is 5.19. The molecule has 0 spiro atoms. The first kappa shape index (κ1) is 20.7. The van der Waals surface area contributed by atoms with Crippen molar-refractivity contribution >= 4 is 44.1 Å². The van der Waals surface area contributed by atoms with E-state index in [1.54, 1.807) is 23.6 Å². The molecule has 32 heavy (non-hydrogen) atoms. The monoisotopic (exact) mass is 448 g/mol. The van der Waals surface area contributed by atoms with Gasteiger partial charge in [-0.2, -0.15) is 5.26 Å². The second-order valence-corrected chi connectivity index (χ2v) is 9.05. The van der Waals surface area contributed by atoms with Gasteiger partial charge in [-0.15, -0.1) is 0 Å². The minimum Gasteiger partial charge on any atom is -0.378 e. The summed E-state index contributed by atoms with van der Waals surface area (Å²) in [5.41, 5.74) is 2.33. The standard InChI is InChI=1S/C23H24N6O2S/c24-14-16-1-4-21(25-15-16)28-7-5-17(6-8-28)22(30)26-18-2-3-19-20(13-18)32-23(27-19)29-9-11-31-12-10-29/h1-4,13,15,17H,5-12H2,(H,26,30). The zero-order valence-corrected chi connectivity index (χ0v) is 18.5. The highest BCUT2D eigenvalue weighted by molar-refractivity contribution is 7.22. The Labute approximate surface area is 190 Å². The predicted molar refractivity (Wildman–Crippen MR) is 125 cm³/mol. The quantitative estimate of drug-likeness (QED) is 0.655. The van der Waals surface area contributed by atoms with Gasteiger partial charge in [0.2, 0.25) is 5.91 Å². The van der Waals surface area contributed by atoms with Crippen molar-refractivity contribution in [2.45, 2.75) is 12.8 Å². The number of rotatable bonds is 4. The van der Waals surface area contributed by atoms with E-state index in [0.717, 1.165) is 79.1 Å². The lowest BCUT2D eigenvalue weighted by atomic mass is 9.95. The summed E-state index contributed by atoms with van der Waals surface area (Å²) >= 11 is 1.66. The molecular weight excluding hydrogens is 424 g/mol. The number of carbonyl (C=O) groups excluding carboxylic acids is 1. The highest BCUT2D eigenvalue weighted by atomic mass is 32.1. The number of nitrogens with zero attached hydrogens (tertiary/aromatic N) is 5. The number of fused-ring (bicyclic) bond motifs is 1. The van der Waals surface area contributed by atoms with Crippen molar-refractivity contribution in [3.63, 3.8) is 0 Å². The summed E-state index contributed by atoms with van der Waals surface area (Å²) in [6.45, 7) is 4.73. The second kappa shape index (κ2) is 9.10. The topological polar surface area (TPSA) is 94.4 Å². The molecule has 2 saturated heterocycles. The maximum absolute atomic E-state index is 12.9. The van der Waals surface area contributed by atoms with Gasteiger partial charge in [0.1, 0.15) is 11.9 Å². The molecule has 0 unspecified atom stereocenters. The number of amides is 1. The number of nitriles is 1. The van der Waals surface area contributed by atoms with Gasteiger partial charge >= 0.3 is 0 Å². The fraction of sp³-hybridized carbons (Fsp3) is 0.391. The molecule has 4 heterocycles. The number of carbonyl (C=O) groups is 1. The third kappa shape index (κ3) is 4.38. The summed E-state index contributed by atoms with van der Waals surface area (Å²) in [4.78, 5) is 26.4. The fourth-order valence-electron chi connectivity index (χ4n) is 4.13. The molecule has 2 aliphatic heterocycles. The number of nitrogens with one attached hydrogen (secondary N) is 1. The number of benzene rings is 1. The van der Waals surface area contributed by atoms with Crippen molar-refractivity contribution in [1.29, 1.82) is 5.26 Å². The number of morpholine rings is 1. The molecule has 3 aromatic rings. The lowest BCUT2D eigenvalue weighted by molar-refractivity contribution is -0.120. The molecule has 1 N–H and O–H groups in total. The van der Waals surface area contributed by atoms with E-state index in [9.17, 15) is 4.79 Å². The van der Waals surface area contributed by atoms with Gasteiger partial charge < -0.3 is 19.9 Å². The minimum absolute atomic E-state index is 0.0225. The van der Waals surface area contributed by atoms with Crippen LogP contribution in [-0.4, -0.2) is 55.3 Å². The Bertz CT molecular complexity index is 1140. The molecular formula is C23H24N6O2S. The Balaban J connectivity index is 1.19. The van der Waals surface area contributed by atoms with Crippen LogP contribution < -0.4 is 15.1 Å². The van der Waals surface area contributed by atoms with Crippen LogP contribution in [0.3, 0.4) is 0 Å². The molecule has 5 rings (SSSR count). The molecule has 9 heteroatoms. The molecule has 0 radical (unpaired) electrons. The van der Waals surface area contributed by atoms with Crippen LogP contribution in [0.5, 0.6) is 0 Å². The summed E-state index contributed by atoms with van der Waals surface area (Å²) < 4.78 is 6.50. The summed E-state index contributed by atoms with van der Waals surface area (Å²) in [7, 11) is 0. The molecule has 2 aromatic heterocycles. The number of hydrogen-bond donors (Lipinski definition) is 1. The van der Waals surface area contributed by atoms with Crippen molar-refractivity contribution in [3.8, 4) is 6.07 Å². The van der Waals surface area contributed by atoms with E-state index in [0.29, 0.717) is 5.56 Å². The lowest BCUT2D eigenvalue weighted by Gasteiger charge is -2.32. The number of ether oxygens (including phenoxy) is 1. The van der Waals surface area contributed by atoms with E-state index in [1.165, 1.54) is 0 Å². The van der Waals surface area contributed by atoms with Crippen LogP contribution in [0.1, 0.15) is 18.4 Å². The summed E-state index contributed by atoms with van der Waals surface area (Å²) in [5, 5.41) is 13.0. The third-order valence-corrected chi connectivity index (χ3v) is 7.07. The van der Waals surface area contributed by atoms with Gasteiger partial charge in [-0.3, -0.25) is 4.79 Å². The van der Waals surface area contributed by atoms with Gasteiger partial charge in [-0.25, -0.2) is 9.97 Å². The molecule has 2 aliphatic rings. The SMILES string of the molecule is N#Cc1ccc(N2CCC(C(=O)Nc3ccc4nc(N5CCOCC5)sc4c3)CC2)nc1. The molecule has 1 aromatic carbocycles. The Morgan fingerprint density at radius 1 is 1.12 bits per heavy atom. The molecule has 0 saturated carbocycles. The normalized spacial score (nSPS) is 17.3. The van der Waals surface area contributed by atoms with Crippen LogP contribution >= 0.6 is 11.3 Å². The molecule has 2 fully saturated rings. The van der Waals surface area contributed by atoms with Crippen LogP contribution in [0, 0.1) is 17.2 Å². The average Bonchev–Trinajstić information content (AvgIpc) is 3.28. The first-order valence-corrected chi connectivity index (χ1v) is 11.7. The van der Waals surface area contributed by atoms with Crippen LogP contribution in [0.4, 0.5) is 16.6 Å². The Kier molecular flexibility index (Phi) is 5.88. The summed E-state index contributed by atoms with van der Waals surface area (Å²) in [6.07, 6.45) is 3.14. The van der Waals surface area contributed by atoms with Crippen LogP contribution in [0.25, 0.3) is 10.2 Å². The number of thiazole rings is 1. The van der Waals surface area contributed by atoms with Gasteiger partial charge in [0.05, 0.1) is 29.0 Å². The molecule has 8 nitrogen and oxygen atoms in total. The van der Waals surface area contributed by atoms with Crippen LogP contribution in [0.2, 0.25) is 0 Å². The van der Waals surface area contributed by atoms with Gasteiger partial charge in [0.25, 0.3) is 0 Å². The molecule has 0 atom stereocenters. The van der Waals surface area contributed by atoms with E-state index in [-0.39, 0.29) is 11.8 Å². The number of pyridine rings is 1. The lowest BCUT2D eigenvalue weighted by Crippen LogP contribution is -2.38.